The molecule has 0 bridgehead atoms. The number of carbonyl (C=O) groups is 1. The number of nitrogens with zero attached hydrogens (tertiary/aromatic N) is 2. The third-order valence-electron chi connectivity index (χ3n) is 4.68. The van der Waals surface area contributed by atoms with E-state index >= 15 is 0 Å². The summed E-state index contributed by atoms with van der Waals surface area (Å²) in [5.41, 5.74) is 4.10. The molecule has 2 aromatic carbocycles. The van der Waals surface area contributed by atoms with Crippen LogP contribution in [0.1, 0.15) is 11.3 Å². The molecular weight excluding hydrogens is 358 g/mol. The molecule has 0 radical (unpaired) electrons. The molecule has 3 aromatic rings. The van der Waals surface area contributed by atoms with Crippen LogP contribution >= 0.6 is 11.8 Å². The molecular formula is C21H19N3O2S. The van der Waals surface area contributed by atoms with Gasteiger partial charge in [0, 0.05) is 29.2 Å². The SMILES string of the molecule is COc1ccc(N=C2NC(=O)/C(=C\c3c(C)n(C)c4ccccc34)S2)cc1. The first-order chi connectivity index (χ1) is 13.1. The zero-order chi connectivity index (χ0) is 19.0. The van der Waals surface area contributed by atoms with Crippen LogP contribution in [-0.2, 0) is 11.8 Å². The smallest absolute Gasteiger partial charge is 0.264 e. The van der Waals surface area contributed by atoms with Gasteiger partial charge in [0.05, 0.1) is 17.7 Å². The van der Waals surface area contributed by atoms with Gasteiger partial charge >= 0.3 is 0 Å². The number of nitrogens with one attached hydrogen (secondary N) is 1. The molecule has 0 unspecified atom stereocenters. The number of para-hydroxylation sites is 1. The van der Waals surface area contributed by atoms with Crippen LogP contribution < -0.4 is 10.1 Å². The predicted octanol–water partition coefficient (Wildman–Crippen LogP) is 4.39. The number of aliphatic imine (C=N–C) groups is 1. The van der Waals surface area contributed by atoms with E-state index in [0.717, 1.165) is 33.6 Å². The number of amidine groups is 1. The van der Waals surface area contributed by atoms with Gasteiger partial charge < -0.3 is 14.6 Å². The molecule has 0 saturated carbocycles. The van der Waals surface area contributed by atoms with Crippen LogP contribution in [0, 0.1) is 6.92 Å². The van der Waals surface area contributed by atoms with Gasteiger partial charge in [-0.2, -0.15) is 0 Å². The number of ether oxygens (including phenoxy) is 1. The van der Waals surface area contributed by atoms with Gasteiger partial charge in [0.1, 0.15) is 5.75 Å². The molecule has 1 aromatic heterocycles. The maximum absolute atomic E-state index is 12.4. The number of hydrogen-bond donors (Lipinski definition) is 1. The summed E-state index contributed by atoms with van der Waals surface area (Å²) >= 11 is 1.35. The van der Waals surface area contributed by atoms with Gasteiger partial charge in [-0.3, -0.25) is 4.79 Å². The fourth-order valence-electron chi connectivity index (χ4n) is 3.12. The van der Waals surface area contributed by atoms with E-state index in [1.807, 2.05) is 49.5 Å². The molecule has 27 heavy (non-hydrogen) atoms. The number of amides is 1. The van der Waals surface area contributed by atoms with Gasteiger partial charge in [-0.25, -0.2) is 4.99 Å². The maximum atomic E-state index is 12.4. The monoisotopic (exact) mass is 377 g/mol. The number of rotatable bonds is 3. The van der Waals surface area contributed by atoms with Crippen molar-refractivity contribution >= 4 is 45.5 Å². The van der Waals surface area contributed by atoms with E-state index in [1.54, 1.807) is 7.11 Å². The summed E-state index contributed by atoms with van der Waals surface area (Å²) < 4.78 is 7.30. The quantitative estimate of drug-likeness (QED) is 0.689. The number of methoxy groups -OCH3 is 1. The molecule has 0 atom stereocenters. The highest BCUT2D eigenvalue weighted by molar-refractivity contribution is 8.18. The van der Waals surface area contributed by atoms with Gasteiger partial charge in [0.15, 0.2) is 5.17 Å². The number of hydrogen-bond acceptors (Lipinski definition) is 4. The predicted molar refractivity (Wildman–Crippen MR) is 111 cm³/mol. The third kappa shape index (κ3) is 3.24. The number of aromatic nitrogens is 1. The molecule has 5 nitrogen and oxygen atoms in total. The number of fused-ring (bicyclic) bond motifs is 1. The largest absolute Gasteiger partial charge is 0.497 e. The van der Waals surface area contributed by atoms with Gasteiger partial charge in [0.25, 0.3) is 5.91 Å². The van der Waals surface area contributed by atoms with Crippen LogP contribution in [0.4, 0.5) is 5.69 Å². The van der Waals surface area contributed by atoms with Crippen molar-refractivity contribution in [2.75, 3.05) is 7.11 Å². The van der Waals surface area contributed by atoms with Gasteiger partial charge in [-0.15, -0.1) is 0 Å². The molecule has 1 N–H and O–H groups in total. The van der Waals surface area contributed by atoms with Crippen LogP contribution in [0.25, 0.3) is 17.0 Å². The van der Waals surface area contributed by atoms with Crippen molar-refractivity contribution in [3.63, 3.8) is 0 Å². The molecule has 0 aliphatic carbocycles. The zero-order valence-corrected chi connectivity index (χ0v) is 16.1. The van der Waals surface area contributed by atoms with Gasteiger partial charge in [-0.1, -0.05) is 18.2 Å². The van der Waals surface area contributed by atoms with Crippen LogP contribution in [0.15, 0.2) is 58.4 Å². The number of benzene rings is 2. The summed E-state index contributed by atoms with van der Waals surface area (Å²) in [6.45, 7) is 2.07. The standard InChI is InChI=1S/C21H19N3O2S/c1-13-17(16-6-4-5-7-18(16)24(13)2)12-19-20(25)23-21(27-19)22-14-8-10-15(26-3)11-9-14/h4-12H,1-3H3,(H,22,23,25)/b19-12+. The summed E-state index contributed by atoms with van der Waals surface area (Å²) in [6, 6.07) is 15.6. The summed E-state index contributed by atoms with van der Waals surface area (Å²) in [5.74, 6) is 0.647. The molecule has 0 spiro atoms. The second kappa shape index (κ2) is 6.96. The van der Waals surface area contributed by atoms with Crippen LogP contribution in [0.5, 0.6) is 5.75 Å². The Morgan fingerprint density at radius 1 is 1.15 bits per heavy atom. The Hall–Kier alpha value is -2.99. The van der Waals surface area contributed by atoms with Crippen molar-refractivity contribution in [3.8, 4) is 5.75 Å². The van der Waals surface area contributed by atoms with E-state index in [9.17, 15) is 4.79 Å². The van der Waals surface area contributed by atoms with Crippen molar-refractivity contribution in [1.82, 2.24) is 9.88 Å². The van der Waals surface area contributed by atoms with Gasteiger partial charge in [0.2, 0.25) is 0 Å². The molecule has 6 heteroatoms. The van der Waals surface area contributed by atoms with Crippen LogP contribution in [-0.4, -0.2) is 22.8 Å². The van der Waals surface area contributed by atoms with E-state index in [1.165, 1.54) is 11.8 Å². The second-order valence-electron chi connectivity index (χ2n) is 6.26. The summed E-state index contributed by atoms with van der Waals surface area (Å²) in [4.78, 5) is 17.6. The summed E-state index contributed by atoms with van der Waals surface area (Å²) in [7, 11) is 3.67. The van der Waals surface area contributed by atoms with Crippen LogP contribution in [0.2, 0.25) is 0 Å². The minimum atomic E-state index is -0.125. The highest BCUT2D eigenvalue weighted by Gasteiger charge is 2.25. The Labute approximate surface area is 161 Å². The van der Waals surface area contributed by atoms with E-state index in [4.69, 9.17) is 4.74 Å². The fraction of sp³-hybridized carbons (Fsp3) is 0.143. The Morgan fingerprint density at radius 2 is 1.89 bits per heavy atom. The number of thioether (sulfide) groups is 1. The zero-order valence-electron chi connectivity index (χ0n) is 15.3. The highest BCUT2D eigenvalue weighted by atomic mass is 32.2. The maximum Gasteiger partial charge on any atom is 0.264 e. The summed E-state index contributed by atoms with van der Waals surface area (Å²) in [5, 5.41) is 4.56. The van der Waals surface area contributed by atoms with Crippen molar-refractivity contribution in [2.24, 2.45) is 12.0 Å². The Bertz CT molecular complexity index is 1090. The third-order valence-corrected chi connectivity index (χ3v) is 5.59. The van der Waals surface area contributed by atoms with E-state index in [0.29, 0.717) is 10.1 Å². The highest BCUT2D eigenvalue weighted by Crippen LogP contribution is 2.32. The lowest BCUT2D eigenvalue weighted by atomic mass is 10.1. The normalized spacial score (nSPS) is 17.1. The number of carbonyl (C=O) groups excluding carboxylic acids is 1. The molecule has 4 rings (SSSR count). The van der Waals surface area contributed by atoms with Crippen molar-refractivity contribution in [3.05, 3.63) is 64.7 Å². The first-order valence-electron chi connectivity index (χ1n) is 8.54. The first kappa shape index (κ1) is 17.4. The summed E-state index contributed by atoms with van der Waals surface area (Å²) in [6.07, 6.45) is 1.95. The van der Waals surface area contributed by atoms with E-state index in [2.05, 4.69) is 33.9 Å². The van der Waals surface area contributed by atoms with Crippen molar-refractivity contribution in [2.45, 2.75) is 6.92 Å². The topological polar surface area (TPSA) is 55.6 Å². The minimum absolute atomic E-state index is 0.125. The minimum Gasteiger partial charge on any atom is -0.497 e. The van der Waals surface area contributed by atoms with Crippen molar-refractivity contribution < 1.29 is 9.53 Å². The van der Waals surface area contributed by atoms with Crippen molar-refractivity contribution in [1.29, 1.82) is 0 Å². The lowest BCUT2D eigenvalue weighted by Crippen LogP contribution is -2.19. The molecule has 136 valence electrons. The first-order valence-corrected chi connectivity index (χ1v) is 9.36. The van der Waals surface area contributed by atoms with Crippen LogP contribution in [0.3, 0.4) is 0 Å². The molecule has 1 saturated heterocycles. The Morgan fingerprint density at radius 3 is 2.63 bits per heavy atom. The lowest BCUT2D eigenvalue weighted by Gasteiger charge is -2.00. The molecule has 1 fully saturated rings. The second-order valence-corrected chi connectivity index (χ2v) is 7.29. The average molecular weight is 377 g/mol. The lowest BCUT2D eigenvalue weighted by molar-refractivity contribution is -0.115. The molecule has 1 aliphatic heterocycles. The molecule has 1 aliphatic rings. The fourth-order valence-corrected chi connectivity index (χ4v) is 3.94. The Kier molecular flexibility index (Phi) is 4.49. The van der Waals surface area contributed by atoms with E-state index < -0.39 is 0 Å². The average Bonchev–Trinajstić information content (AvgIpc) is 3.15. The van der Waals surface area contributed by atoms with E-state index in [-0.39, 0.29) is 5.91 Å². The Balaban J connectivity index is 1.67. The molecule has 2 heterocycles. The van der Waals surface area contributed by atoms with Gasteiger partial charge in [-0.05, 0) is 55.1 Å². The molecule has 1 amide bonds. The number of aryl methyl sites for hydroxylation is 1.